The van der Waals surface area contributed by atoms with Crippen molar-refractivity contribution in [1.82, 2.24) is 9.55 Å². The van der Waals surface area contributed by atoms with E-state index in [0.29, 0.717) is 12.3 Å². The van der Waals surface area contributed by atoms with E-state index in [-0.39, 0.29) is 18.1 Å². The second kappa shape index (κ2) is 7.27. The standard InChI is InChI=1S/C17H19FN2O2S/c18-13-5-3-4-12(10-13)11-23-16-14-6-1-2-7-15(14)20(8-9-21)17(22)19-16/h3-5,10,21H,1-2,6-9,11H2. The van der Waals surface area contributed by atoms with Gasteiger partial charge in [0, 0.05) is 17.0 Å². The average molecular weight is 334 g/mol. The highest BCUT2D eigenvalue weighted by Crippen LogP contribution is 2.30. The van der Waals surface area contributed by atoms with Gasteiger partial charge in [-0.15, -0.1) is 11.8 Å². The average Bonchev–Trinajstić information content (AvgIpc) is 2.56. The van der Waals surface area contributed by atoms with Crippen molar-refractivity contribution in [2.75, 3.05) is 6.61 Å². The van der Waals surface area contributed by atoms with Crippen LogP contribution in [0.25, 0.3) is 0 Å². The lowest BCUT2D eigenvalue weighted by Gasteiger charge is -2.22. The van der Waals surface area contributed by atoms with Crippen molar-refractivity contribution in [3.05, 3.63) is 57.4 Å². The first-order chi connectivity index (χ1) is 11.2. The zero-order valence-electron chi connectivity index (χ0n) is 12.8. The summed E-state index contributed by atoms with van der Waals surface area (Å²) in [5.74, 6) is 0.331. The van der Waals surface area contributed by atoms with Crippen molar-refractivity contribution in [2.24, 2.45) is 0 Å². The molecule has 0 aliphatic heterocycles. The maximum Gasteiger partial charge on any atom is 0.348 e. The summed E-state index contributed by atoms with van der Waals surface area (Å²) in [6.07, 6.45) is 3.88. The minimum atomic E-state index is -0.304. The van der Waals surface area contributed by atoms with Crippen molar-refractivity contribution in [3.8, 4) is 0 Å². The number of hydrogen-bond acceptors (Lipinski definition) is 4. The SMILES string of the molecule is O=c1nc(SCc2cccc(F)c2)c2c(n1CCO)CCCC2. The highest BCUT2D eigenvalue weighted by molar-refractivity contribution is 7.98. The van der Waals surface area contributed by atoms with Crippen molar-refractivity contribution in [1.29, 1.82) is 0 Å². The van der Waals surface area contributed by atoms with E-state index in [1.54, 1.807) is 10.6 Å². The Bertz CT molecular complexity index is 761. The monoisotopic (exact) mass is 334 g/mol. The summed E-state index contributed by atoms with van der Waals surface area (Å²) in [7, 11) is 0. The molecular formula is C17H19FN2O2S. The Labute approximate surface area is 138 Å². The van der Waals surface area contributed by atoms with E-state index in [0.717, 1.165) is 47.5 Å². The molecule has 0 unspecified atom stereocenters. The van der Waals surface area contributed by atoms with Crippen LogP contribution in [-0.4, -0.2) is 21.3 Å². The molecule has 122 valence electrons. The third kappa shape index (κ3) is 3.64. The zero-order chi connectivity index (χ0) is 16.2. The Morgan fingerprint density at radius 2 is 2.13 bits per heavy atom. The van der Waals surface area contributed by atoms with E-state index < -0.39 is 0 Å². The Balaban J connectivity index is 1.90. The first-order valence-electron chi connectivity index (χ1n) is 7.79. The van der Waals surface area contributed by atoms with Gasteiger partial charge in [0.05, 0.1) is 13.2 Å². The lowest BCUT2D eigenvalue weighted by Crippen LogP contribution is -2.31. The van der Waals surface area contributed by atoms with Gasteiger partial charge in [0.25, 0.3) is 0 Å². The van der Waals surface area contributed by atoms with Crippen molar-refractivity contribution < 1.29 is 9.50 Å². The molecule has 0 amide bonds. The summed E-state index contributed by atoms with van der Waals surface area (Å²) in [6, 6.07) is 6.49. The number of halogens is 1. The first kappa shape index (κ1) is 16.2. The van der Waals surface area contributed by atoms with Crippen LogP contribution in [-0.2, 0) is 25.1 Å². The quantitative estimate of drug-likeness (QED) is 0.674. The maximum atomic E-state index is 13.3. The summed E-state index contributed by atoms with van der Waals surface area (Å²) in [4.78, 5) is 16.4. The number of fused-ring (bicyclic) bond motifs is 1. The predicted molar refractivity (Wildman–Crippen MR) is 88.2 cm³/mol. The molecule has 1 heterocycles. The molecular weight excluding hydrogens is 315 g/mol. The van der Waals surface area contributed by atoms with E-state index in [4.69, 9.17) is 5.11 Å². The molecule has 0 atom stereocenters. The summed E-state index contributed by atoms with van der Waals surface area (Å²) >= 11 is 1.48. The van der Waals surface area contributed by atoms with Crippen LogP contribution in [0.4, 0.5) is 4.39 Å². The van der Waals surface area contributed by atoms with Crippen LogP contribution >= 0.6 is 11.8 Å². The largest absolute Gasteiger partial charge is 0.395 e. The van der Waals surface area contributed by atoms with Gasteiger partial charge in [-0.1, -0.05) is 12.1 Å². The molecule has 0 saturated carbocycles. The molecule has 2 aromatic rings. The van der Waals surface area contributed by atoms with Crippen molar-refractivity contribution in [2.45, 2.75) is 43.0 Å². The summed E-state index contributed by atoms with van der Waals surface area (Å²) in [6.45, 7) is 0.229. The van der Waals surface area contributed by atoms with Crippen LogP contribution in [0.1, 0.15) is 29.7 Å². The Kier molecular flexibility index (Phi) is 5.13. The number of aliphatic hydroxyl groups excluding tert-OH is 1. The van der Waals surface area contributed by atoms with Crippen LogP contribution in [0.3, 0.4) is 0 Å². The molecule has 0 bridgehead atoms. The lowest BCUT2D eigenvalue weighted by molar-refractivity contribution is 0.269. The van der Waals surface area contributed by atoms with E-state index in [2.05, 4.69) is 4.98 Å². The van der Waals surface area contributed by atoms with Crippen LogP contribution in [0.15, 0.2) is 34.1 Å². The fourth-order valence-corrected chi connectivity index (χ4v) is 4.00. The first-order valence-corrected chi connectivity index (χ1v) is 8.78. The Morgan fingerprint density at radius 1 is 1.30 bits per heavy atom. The minimum Gasteiger partial charge on any atom is -0.395 e. The molecule has 0 radical (unpaired) electrons. The third-order valence-electron chi connectivity index (χ3n) is 4.04. The summed E-state index contributed by atoms with van der Waals surface area (Å²) in [5.41, 5.74) is 2.69. The molecule has 1 aliphatic rings. The maximum absolute atomic E-state index is 13.3. The van der Waals surface area contributed by atoms with Crippen LogP contribution in [0.5, 0.6) is 0 Å². The number of benzene rings is 1. The van der Waals surface area contributed by atoms with Gasteiger partial charge in [-0.05, 0) is 43.4 Å². The van der Waals surface area contributed by atoms with E-state index in [1.165, 1.54) is 23.9 Å². The molecule has 0 fully saturated rings. The lowest BCUT2D eigenvalue weighted by atomic mass is 9.97. The van der Waals surface area contributed by atoms with Gasteiger partial charge in [-0.25, -0.2) is 9.18 Å². The van der Waals surface area contributed by atoms with Crippen molar-refractivity contribution >= 4 is 11.8 Å². The second-order valence-corrected chi connectivity index (χ2v) is 6.59. The van der Waals surface area contributed by atoms with Crippen molar-refractivity contribution in [3.63, 3.8) is 0 Å². The van der Waals surface area contributed by atoms with Gasteiger partial charge in [0.2, 0.25) is 0 Å². The predicted octanol–water partition coefficient (Wildman–Crippen LogP) is 2.55. The molecule has 1 aromatic heterocycles. The van der Waals surface area contributed by atoms with Gasteiger partial charge < -0.3 is 5.11 Å². The van der Waals surface area contributed by atoms with Gasteiger partial charge in [-0.3, -0.25) is 4.57 Å². The Morgan fingerprint density at radius 3 is 2.91 bits per heavy atom. The van der Waals surface area contributed by atoms with Gasteiger partial charge >= 0.3 is 5.69 Å². The van der Waals surface area contributed by atoms with Crippen LogP contribution in [0, 0.1) is 5.82 Å². The molecule has 1 N–H and O–H groups in total. The van der Waals surface area contributed by atoms with Gasteiger partial charge in [0.1, 0.15) is 10.8 Å². The third-order valence-corrected chi connectivity index (χ3v) is 5.13. The molecule has 1 aliphatic carbocycles. The number of aliphatic hydroxyl groups is 1. The zero-order valence-corrected chi connectivity index (χ0v) is 13.6. The smallest absolute Gasteiger partial charge is 0.348 e. The van der Waals surface area contributed by atoms with E-state index in [9.17, 15) is 9.18 Å². The molecule has 0 spiro atoms. The highest BCUT2D eigenvalue weighted by Gasteiger charge is 2.20. The molecule has 4 nitrogen and oxygen atoms in total. The number of nitrogens with zero attached hydrogens (tertiary/aromatic N) is 2. The van der Waals surface area contributed by atoms with Crippen LogP contribution < -0.4 is 5.69 Å². The van der Waals surface area contributed by atoms with E-state index in [1.807, 2.05) is 6.07 Å². The fourth-order valence-electron chi connectivity index (χ4n) is 2.98. The Hall–Kier alpha value is -1.66. The van der Waals surface area contributed by atoms with Crippen LogP contribution in [0.2, 0.25) is 0 Å². The normalized spacial score (nSPS) is 13.8. The highest BCUT2D eigenvalue weighted by atomic mass is 32.2. The number of thioether (sulfide) groups is 1. The number of rotatable bonds is 5. The summed E-state index contributed by atoms with van der Waals surface area (Å²) in [5, 5.41) is 9.92. The molecule has 6 heteroatoms. The second-order valence-electron chi connectivity index (χ2n) is 5.63. The molecule has 1 aromatic carbocycles. The fraction of sp³-hybridized carbons (Fsp3) is 0.412. The van der Waals surface area contributed by atoms with Gasteiger partial charge in [0.15, 0.2) is 0 Å². The molecule has 3 rings (SSSR count). The summed E-state index contributed by atoms with van der Waals surface area (Å²) < 4.78 is 14.9. The number of hydrogen-bond donors (Lipinski definition) is 1. The molecule has 0 saturated heterocycles. The van der Waals surface area contributed by atoms with E-state index >= 15 is 0 Å². The molecule has 23 heavy (non-hydrogen) atoms. The minimum absolute atomic E-state index is 0.0657. The van der Waals surface area contributed by atoms with Gasteiger partial charge in [-0.2, -0.15) is 4.98 Å². The number of aromatic nitrogens is 2. The topological polar surface area (TPSA) is 55.1 Å².